The van der Waals surface area contributed by atoms with E-state index in [1.807, 2.05) is 18.2 Å². The molecule has 4 nitrogen and oxygen atoms in total. The molecule has 1 aromatic heterocycles. The van der Waals surface area contributed by atoms with Gasteiger partial charge in [0.15, 0.2) is 0 Å². The number of hydrogen-bond donors (Lipinski definition) is 0. The van der Waals surface area contributed by atoms with Gasteiger partial charge in [-0.05, 0) is 23.8 Å². The molecule has 4 rings (SSSR count). The van der Waals surface area contributed by atoms with E-state index < -0.39 is 17.7 Å². The maximum absolute atomic E-state index is 12.9. The Balaban J connectivity index is 1.83. The Hall–Kier alpha value is -3.22. The fourth-order valence-electron chi connectivity index (χ4n) is 3.38. The second kappa shape index (κ2) is 6.74. The Kier molecular flexibility index (Phi) is 4.37. The van der Waals surface area contributed by atoms with Gasteiger partial charge in [0.25, 0.3) is 5.95 Å². The summed E-state index contributed by atoms with van der Waals surface area (Å²) < 4.78 is 54.9. The van der Waals surface area contributed by atoms with E-state index >= 15 is 0 Å². The second-order valence-electron chi connectivity index (χ2n) is 6.41. The summed E-state index contributed by atoms with van der Waals surface area (Å²) in [4.78, 5) is 11.6. The zero-order valence-electron chi connectivity index (χ0n) is 14.7. The van der Waals surface area contributed by atoms with Gasteiger partial charge in [0, 0.05) is 17.7 Å². The molecule has 0 N–H and O–H groups in total. The smallest absolute Gasteiger partial charge is 0.416 e. The summed E-state index contributed by atoms with van der Waals surface area (Å²) >= 11 is 0. The van der Waals surface area contributed by atoms with E-state index in [2.05, 4.69) is 4.74 Å². The highest BCUT2D eigenvalue weighted by Crippen LogP contribution is 2.47. The third-order valence-corrected chi connectivity index (χ3v) is 4.70. The molecule has 0 saturated heterocycles. The normalized spacial score (nSPS) is 18.0. The van der Waals surface area contributed by atoms with Crippen molar-refractivity contribution < 1.29 is 31.9 Å². The molecule has 0 bridgehead atoms. The Morgan fingerprint density at radius 2 is 1.86 bits per heavy atom. The molecule has 0 unspecified atom stereocenters. The van der Waals surface area contributed by atoms with Crippen molar-refractivity contribution in [2.24, 2.45) is 0 Å². The molecule has 0 saturated carbocycles. The molecule has 7 heteroatoms. The van der Waals surface area contributed by atoms with Crippen LogP contribution in [0.1, 0.15) is 29.0 Å². The van der Waals surface area contributed by atoms with Gasteiger partial charge in [-0.3, -0.25) is 0 Å². The molecular formula is C21H15F3O4. The number of methoxy groups -OCH3 is 1. The lowest BCUT2D eigenvalue weighted by Crippen LogP contribution is -2.14. The van der Waals surface area contributed by atoms with Gasteiger partial charge < -0.3 is 13.9 Å². The third kappa shape index (κ3) is 3.24. The van der Waals surface area contributed by atoms with Crippen LogP contribution < -0.4 is 4.74 Å². The lowest BCUT2D eigenvalue weighted by Gasteiger charge is -2.24. The van der Waals surface area contributed by atoms with Crippen LogP contribution in [0.2, 0.25) is 0 Å². The molecule has 3 aromatic rings. The first-order valence-corrected chi connectivity index (χ1v) is 8.52. The quantitative estimate of drug-likeness (QED) is 0.434. The van der Waals surface area contributed by atoms with Crippen LogP contribution in [-0.4, -0.2) is 13.1 Å². The lowest BCUT2D eigenvalue weighted by atomic mass is 9.85. The van der Waals surface area contributed by atoms with Crippen LogP contribution in [-0.2, 0) is 15.7 Å². The molecule has 0 aliphatic carbocycles. The number of carbonyl (C=O) groups excluding carboxylic acids is 1. The monoisotopic (exact) mass is 388 g/mol. The molecule has 2 heterocycles. The summed E-state index contributed by atoms with van der Waals surface area (Å²) in [6.45, 7) is 0. The van der Waals surface area contributed by atoms with Crippen molar-refractivity contribution in [3.05, 3.63) is 77.1 Å². The average Bonchev–Trinajstić information content (AvgIpc) is 3.05. The number of carbonyl (C=O) groups is 1. The van der Waals surface area contributed by atoms with E-state index in [-0.39, 0.29) is 18.3 Å². The van der Waals surface area contributed by atoms with Crippen LogP contribution >= 0.6 is 0 Å². The number of benzene rings is 2. The molecule has 28 heavy (non-hydrogen) atoms. The fraction of sp³-hybridized carbons (Fsp3) is 0.190. The van der Waals surface area contributed by atoms with Gasteiger partial charge in [0.1, 0.15) is 11.3 Å². The third-order valence-electron chi connectivity index (χ3n) is 4.70. The number of fused-ring (bicyclic) bond motifs is 3. The summed E-state index contributed by atoms with van der Waals surface area (Å²) in [7, 11) is 1.25. The predicted octanol–water partition coefficient (Wildman–Crippen LogP) is 5.42. The molecule has 144 valence electrons. The van der Waals surface area contributed by atoms with Gasteiger partial charge in [-0.15, -0.1) is 0 Å². The number of halogens is 3. The van der Waals surface area contributed by atoms with E-state index in [9.17, 15) is 18.0 Å². The van der Waals surface area contributed by atoms with Gasteiger partial charge in [-0.25, -0.2) is 4.79 Å². The number of allylic oxidation sites excluding steroid dienone is 1. The molecule has 0 amide bonds. The molecule has 0 fully saturated rings. The second-order valence-corrected chi connectivity index (χ2v) is 6.41. The number of esters is 1. The highest BCUT2D eigenvalue weighted by molar-refractivity contribution is 5.86. The number of ether oxygens (including phenoxy) is 2. The van der Waals surface area contributed by atoms with Crippen molar-refractivity contribution in [1.29, 1.82) is 0 Å². The first kappa shape index (κ1) is 18.2. The van der Waals surface area contributed by atoms with Crippen LogP contribution in [0.15, 0.2) is 64.8 Å². The summed E-state index contributed by atoms with van der Waals surface area (Å²) in [5.41, 5.74) is 1.30. The minimum absolute atomic E-state index is 0.229. The molecule has 1 aliphatic heterocycles. The lowest BCUT2D eigenvalue weighted by molar-refractivity contribution is -0.137. The molecule has 1 atom stereocenters. The first-order valence-electron chi connectivity index (χ1n) is 8.52. The van der Waals surface area contributed by atoms with Crippen molar-refractivity contribution in [2.75, 3.05) is 7.11 Å². The Labute approximate surface area is 158 Å². The highest BCUT2D eigenvalue weighted by Gasteiger charge is 2.34. The minimum Gasteiger partial charge on any atom is -0.466 e. The summed E-state index contributed by atoms with van der Waals surface area (Å²) in [6, 6.07) is 12.3. The number of alkyl halides is 3. The minimum atomic E-state index is -4.41. The maximum atomic E-state index is 12.9. The summed E-state index contributed by atoms with van der Waals surface area (Å²) in [5, 5.41) is 0.819. The van der Waals surface area contributed by atoms with E-state index in [1.54, 1.807) is 6.07 Å². The van der Waals surface area contributed by atoms with Crippen molar-refractivity contribution in [1.82, 2.24) is 0 Å². The van der Waals surface area contributed by atoms with Crippen LogP contribution in [0.3, 0.4) is 0 Å². The largest absolute Gasteiger partial charge is 0.466 e. The zero-order chi connectivity index (χ0) is 19.9. The summed E-state index contributed by atoms with van der Waals surface area (Å²) in [6.07, 6.45) is -2.90. The van der Waals surface area contributed by atoms with E-state index in [0.29, 0.717) is 16.9 Å². The van der Waals surface area contributed by atoms with Gasteiger partial charge >= 0.3 is 12.1 Å². The molecule has 2 aromatic carbocycles. The molecule has 0 spiro atoms. The van der Waals surface area contributed by atoms with E-state index in [4.69, 9.17) is 9.15 Å². The van der Waals surface area contributed by atoms with Crippen LogP contribution in [0.5, 0.6) is 5.95 Å². The predicted molar refractivity (Wildman–Crippen MR) is 94.8 cm³/mol. The van der Waals surface area contributed by atoms with Gasteiger partial charge in [0.2, 0.25) is 0 Å². The standard InChI is InChI=1S/C21H15F3O4/c1-26-18(25)11-14-10-16(12-6-8-13(9-7-12)21(22,23)24)19-15-4-2-3-5-17(15)28-20(19)27-14/h2-9,11,16H,10H2,1H3/b14-11+/t16-/m1/s1. The first-order chi connectivity index (χ1) is 13.4. The average molecular weight is 388 g/mol. The van der Waals surface area contributed by atoms with Crippen LogP contribution in [0.4, 0.5) is 13.2 Å². The Morgan fingerprint density at radius 3 is 2.54 bits per heavy atom. The van der Waals surface area contributed by atoms with Gasteiger partial charge in [-0.2, -0.15) is 13.2 Å². The fourth-order valence-corrected chi connectivity index (χ4v) is 3.38. The van der Waals surface area contributed by atoms with Crippen LogP contribution in [0, 0.1) is 0 Å². The molecule has 0 radical (unpaired) electrons. The number of hydrogen-bond acceptors (Lipinski definition) is 4. The van der Waals surface area contributed by atoms with Crippen molar-refractivity contribution >= 4 is 16.9 Å². The van der Waals surface area contributed by atoms with Crippen molar-refractivity contribution in [3.63, 3.8) is 0 Å². The Bertz CT molecular complexity index is 1060. The number of para-hydroxylation sites is 1. The van der Waals surface area contributed by atoms with E-state index in [0.717, 1.165) is 23.1 Å². The topological polar surface area (TPSA) is 48.7 Å². The number of furan rings is 1. The van der Waals surface area contributed by atoms with E-state index in [1.165, 1.54) is 25.3 Å². The molecular weight excluding hydrogens is 373 g/mol. The number of rotatable bonds is 2. The summed E-state index contributed by atoms with van der Waals surface area (Å²) in [5.74, 6) is -0.359. The Morgan fingerprint density at radius 1 is 1.14 bits per heavy atom. The van der Waals surface area contributed by atoms with Crippen molar-refractivity contribution in [3.8, 4) is 5.95 Å². The van der Waals surface area contributed by atoms with Crippen molar-refractivity contribution in [2.45, 2.75) is 18.5 Å². The molecule has 1 aliphatic rings. The SMILES string of the molecule is COC(=O)/C=C1\C[C@H](c2ccc(C(F)(F)F)cc2)c2c(oc3ccccc23)O1. The zero-order valence-corrected chi connectivity index (χ0v) is 14.7. The van der Waals surface area contributed by atoms with Crippen LogP contribution in [0.25, 0.3) is 11.0 Å². The van der Waals surface area contributed by atoms with Gasteiger partial charge in [0.05, 0.1) is 24.3 Å². The highest BCUT2D eigenvalue weighted by atomic mass is 19.4. The maximum Gasteiger partial charge on any atom is 0.416 e. The van der Waals surface area contributed by atoms with Gasteiger partial charge in [-0.1, -0.05) is 30.3 Å².